The molecule has 0 heterocycles. The maximum Gasteiger partial charge on any atom is 0.410 e. The van der Waals surface area contributed by atoms with Crippen LogP contribution in [0.3, 0.4) is 0 Å². The number of hydrogen-bond donors (Lipinski definition) is 2. The van der Waals surface area contributed by atoms with E-state index in [1.807, 2.05) is 0 Å². The number of ether oxygens (including phenoxy) is 1. The fraction of sp³-hybridized carbons (Fsp3) is 0.0909. The molecule has 0 fully saturated rings. The molecule has 0 bridgehead atoms. The van der Waals surface area contributed by atoms with Gasteiger partial charge in [-0.15, -0.1) is 0 Å². The van der Waals surface area contributed by atoms with Gasteiger partial charge in [0.25, 0.3) is 0 Å². The van der Waals surface area contributed by atoms with Crippen molar-refractivity contribution in [2.24, 2.45) is 5.73 Å². The zero-order valence-electron chi connectivity index (χ0n) is 8.77. The number of carbonyl (C=O) groups is 2. The van der Waals surface area contributed by atoms with E-state index in [1.54, 1.807) is 30.4 Å². The Morgan fingerprint density at radius 3 is 2.38 bits per heavy atom. The lowest BCUT2D eigenvalue weighted by Crippen LogP contribution is -2.24. The molecule has 5 nitrogen and oxygen atoms in total. The van der Waals surface area contributed by atoms with Crippen molar-refractivity contribution in [3.63, 3.8) is 0 Å². The van der Waals surface area contributed by atoms with Gasteiger partial charge in [-0.2, -0.15) is 0 Å². The summed E-state index contributed by atoms with van der Waals surface area (Å²) in [5, 5.41) is 2.54. The summed E-state index contributed by atoms with van der Waals surface area (Å²) >= 11 is 0. The highest BCUT2D eigenvalue weighted by molar-refractivity contribution is 5.76. The SMILES string of the molecule is CC(=O)NC1=C\C=C/C=C/C=C\1OC(N)=O. The number of carbonyl (C=O) groups excluding carboxylic acids is 2. The van der Waals surface area contributed by atoms with Gasteiger partial charge in [0, 0.05) is 6.92 Å². The summed E-state index contributed by atoms with van der Waals surface area (Å²) < 4.78 is 4.77. The normalized spacial score (nSPS) is 24.8. The first-order valence-corrected chi connectivity index (χ1v) is 4.60. The van der Waals surface area contributed by atoms with Crippen molar-refractivity contribution in [1.82, 2.24) is 5.32 Å². The Bertz CT molecular complexity index is 377. The van der Waals surface area contributed by atoms with Gasteiger partial charge in [0.1, 0.15) is 0 Å². The van der Waals surface area contributed by atoms with Gasteiger partial charge in [-0.1, -0.05) is 24.3 Å². The Kier molecular flexibility index (Phi) is 4.08. The van der Waals surface area contributed by atoms with E-state index in [0.29, 0.717) is 5.70 Å². The molecule has 0 aromatic heterocycles. The summed E-state index contributed by atoms with van der Waals surface area (Å²) in [6.07, 6.45) is 9.13. The molecule has 1 aliphatic carbocycles. The van der Waals surface area contributed by atoms with Crippen LogP contribution >= 0.6 is 0 Å². The van der Waals surface area contributed by atoms with E-state index in [2.05, 4.69) is 5.32 Å². The van der Waals surface area contributed by atoms with Crippen LogP contribution in [0.1, 0.15) is 6.92 Å². The molecule has 16 heavy (non-hydrogen) atoms. The summed E-state index contributed by atoms with van der Waals surface area (Å²) in [7, 11) is 0. The molecular formula is C11H12N2O3. The van der Waals surface area contributed by atoms with E-state index in [0.717, 1.165) is 0 Å². The highest BCUT2D eigenvalue weighted by atomic mass is 16.5. The van der Waals surface area contributed by atoms with E-state index < -0.39 is 6.09 Å². The summed E-state index contributed by atoms with van der Waals surface area (Å²) in [5.41, 5.74) is 5.30. The molecule has 1 aliphatic rings. The van der Waals surface area contributed by atoms with E-state index in [9.17, 15) is 9.59 Å². The van der Waals surface area contributed by atoms with E-state index in [1.165, 1.54) is 13.0 Å². The fourth-order valence-electron chi connectivity index (χ4n) is 1.09. The highest BCUT2D eigenvalue weighted by Gasteiger charge is 2.10. The second-order valence-corrected chi connectivity index (χ2v) is 2.98. The third-order valence-corrected chi connectivity index (χ3v) is 1.63. The molecule has 0 aromatic carbocycles. The van der Waals surface area contributed by atoms with Crippen molar-refractivity contribution in [3.05, 3.63) is 47.9 Å². The lowest BCUT2D eigenvalue weighted by atomic mass is 10.2. The fourth-order valence-corrected chi connectivity index (χ4v) is 1.09. The molecule has 3 N–H and O–H groups in total. The summed E-state index contributed by atoms with van der Waals surface area (Å²) in [6, 6.07) is 0. The Morgan fingerprint density at radius 1 is 1.19 bits per heavy atom. The van der Waals surface area contributed by atoms with E-state index in [-0.39, 0.29) is 11.7 Å². The number of allylic oxidation sites excluding steroid dienone is 6. The lowest BCUT2D eigenvalue weighted by Gasteiger charge is -2.11. The molecule has 84 valence electrons. The molecule has 0 saturated heterocycles. The first-order valence-electron chi connectivity index (χ1n) is 4.60. The monoisotopic (exact) mass is 220 g/mol. The predicted molar refractivity (Wildman–Crippen MR) is 58.9 cm³/mol. The molecule has 0 aliphatic heterocycles. The van der Waals surface area contributed by atoms with Gasteiger partial charge < -0.3 is 15.8 Å². The Labute approximate surface area is 93.0 Å². The van der Waals surface area contributed by atoms with Gasteiger partial charge in [-0.3, -0.25) is 4.79 Å². The minimum absolute atomic E-state index is 0.198. The molecule has 0 atom stereocenters. The molecule has 2 amide bonds. The highest BCUT2D eigenvalue weighted by Crippen LogP contribution is 2.11. The Hall–Kier alpha value is -2.30. The molecule has 0 spiro atoms. The maximum absolute atomic E-state index is 10.9. The number of rotatable bonds is 2. The summed E-state index contributed by atoms with van der Waals surface area (Å²) in [6.45, 7) is 1.36. The predicted octanol–water partition coefficient (Wildman–Crippen LogP) is 1.11. The van der Waals surface area contributed by atoms with Crippen molar-refractivity contribution in [2.75, 3.05) is 0 Å². The zero-order chi connectivity index (χ0) is 12.0. The van der Waals surface area contributed by atoms with Crippen LogP contribution in [0.5, 0.6) is 0 Å². The molecule has 0 saturated carbocycles. The van der Waals surface area contributed by atoms with Crippen LogP contribution < -0.4 is 11.1 Å². The standard InChI is InChI=1S/C11H12N2O3/c1-8(14)13-9-6-4-2-3-5-7-10(9)16-11(12)15/h2-7H,1H3,(H2,12,15)(H,13,14)/b3-2?,4-2-,5-3+,6-4?,7-5?,9-6-,10-7+,10-9?. The second kappa shape index (κ2) is 5.55. The maximum atomic E-state index is 10.9. The molecular weight excluding hydrogens is 208 g/mol. The third kappa shape index (κ3) is 3.83. The van der Waals surface area contributed by atoms with Crippen molar-refractivity contribution in [3.8, 4) is 0 Å². The van der Waals surface area contributed by atoms with Crippen molar-refractivity contribution < 1.29 is 14.3 Å². The molecule has 0 unspecified atom stereocenters. The van der Waals surface area contributed by atoms with Crippen LogP contribution in [0.4, 0.5) is 4.79 Å². The number of amides is 2. The first-order chi connectivity index (χ1) is 7.59. The third-order valence-electron chi connectivity index (χ3n) is 1.63. The first kappa shape index (κ1) is 11.8. The van der Waals surface area contributed by atoms with Gasteiger partial charge in [-0.25, -0.2) is 4.79 Å². The Balaban J connectivity index is 2.95. The van der Waals surface area contributed by atoms with Crippen LogP contribution in [0.15, 0.2) is 47.9 Å². The van der Waals surface area contributed by atoms with Crippen molar-refractivity contribution in [2.45, 2.75) is 6.92 Å². The van der Waals surface area contributed by atoms with Crippen molar-refractivity contribution in [1.29, 1.82) is 0 Å². The molecule has 5 heteroatoms. The number of nitrogens with one attached hydrogen (secondary N) is 1. The Morgan fingerprint density at radius 2 is 1.81 bits per heavy atom. The quantitative estimate of drug-likeness (QED) is 0.731. The smallest absolute Gasteiger partial charge is 0.408 e. The minimum Gasteiger partial charge on any atom is -0.408 e. The van der Waals surface area contributed by atoms with Gasteiger partial charge in [-0.05, 0) is 12.2 Å². The van der Waals surface area contributed by atoms with Crippen LogP contribution in [0.25, 0.3) is 0 Å². The van der Waals surface area contributed by atoms with Gasteiger partial charge in [0.15, 0.2) is 5.76 Å². The summed E-state index contributed by atoms with van der Waals surface area (Å²) in [4.78, 5) is 21.6. The van der Waals surface area contributed by atoms with Crippen LogP contribution in [0, 0.1) is 0 Å². The molecule has 1 rings (SSSR count). The van der Waals surface area contributed by atoms with E-state index >= 15 is 0 Å². The average Bonchev–Trinajstić information content (AvgIpc) is 2.15. The van der Waals surface area contributed by atoms with Crippen LogP contribution in [-0.2, 0) is 9.53 Å². The summed E-state index contributed by atoms with van der Waals surface area (Å²) in [5.74, 6) is -0.0635. The largest absolute Gasteiger partial charge is 0.410 e. The van der Waals surface area contributed by atoms with Gasteiger partial charge in [0.2, 0.25) is 5.91 Å². The average molecular weight is 220 g/mol. The van der Waals surface area contributed by atoms with Gasteiger partial charge in [0.05, 0.1) is 5.70 Å². The van der Waals surface area contributed by atoms with Gasteiger partial charge >= 0.3 is 6.09 Å². The lowest BCUT2D eigenvalue weighted by molar-refractivity contribution is -0.118. The second-order valence-electron chi connectivity index (χ2n) is 2.98. The number of nitrogens with two attached hydrogens (primary N) is 1. The van der Waals surface area contributed by atoms with Crippen LogP contribution in [-0.4, -0.2) is 12.0 Å². The van der Waals surface area contributed by atoms with Crippen LogP contribution in [0.2, 0.25) is 0 Å². The zero-order valence-corrected chi connectivity index (χ0v) is 8.77. The molecule has 0 radical (unpaired) electrons. The molecule has 0 aromatic rings. The number of hydrogen-bond acceptors (Lipinski definition) is 3. The number of primary amides is 1. The van der Waals surface area contributed by atoms with Crippen molar-refractivity contribution >= 4 is 12.0 Å². The van der Waals surface area contributed by atoms with E-state index in [4.69, 9.17) is 10.5 Å². The topological polar surface area (TPSA) is 81.4 Å². The minimum atomic E-state index is -0.930.